The maximum atomic E-state index is 12.7. The molecule has 0 bridgehead atoms. The smallest absolute Gasteiger partial charge is 0.366 e. The van der Waals surface area contributed by atoms with Crippen molar-refractivity contribution in [2.24, 2.45) is 5.73 Å². The van der Waals surface area contributed by atoms with Crippen LogP contribution in [0.3, 0.4) is 0 Å². The summed E-state index contributed by atoms with van der Waals surface area (Å²) in [5.74, 6) is -1.31. The molecule has 2 rings (SSSR count). The van der Waals surface area contributed by atoms with Gasteiger partial charge in [0.2, 0.25) is 5.91 Å². The van der Waals surface area contributed by atoms with Crippen LogP contribution in [0.2, 0.25) is 0 Å². The molecule has 0 saturated heterocycles. The summed E-state index contributed by atoms with van der Waals surface area (Å²) >= 11 is 0. The van der Waals surface area contributed by atoms with E-state index in [4.69, 9.17) is 11.1 Å². The molecule has 5 nitrogen and oxygen atoms in total. The summed E-state index contributed by atoms with van der Waals surface area (Å²) in [5, 5.41) is 10.4. The molecule has 1 aliphatic carbocycles. The minimum Gasteiger partial charge on any atom is -0.366 e. The van der Waals surface area contributed by atoms with E-state index in [0.29, 0.717) is 18.4 Å². The highest BCUT2D eigenvalue weighted by Gasteiger charge is 2.31. The molecule has 128 valence electrons. The minimum atomic E-state index is -4.52. The van der Waals surface area contributed by atoms with E-state index in [2.05, 4.69) is 5.32 Å². The molecule has 0 radical (unpaired) electrons. The highest BCUT2D eigenvalue weighted by atomic mass is 19.4. The normalized spacial score (nSPS) is 20.0. The summed E-state index contributed by atoms with van der Waals surface area (Å²) in [4.78, 5) is 23.1. The molecule has 1 aliphatic rings. The van der Waals surface area contributed by atoms with E-state index < -0.39 is 23.6 Å². The van der Waals surface area contributed by atoms with Gasteiger partial charge in [-0.3, -0.25) is 9.59 Å². The standard InChI is InChI=1S/C16H16F3N3O2/c17-16(18,19)11-3-1-2-9(6-11)15(24)22-12-4-5-13(20)10(7-12)8-14(21)23/h1-3,6,8,12,20H,4-5,7H2,(H2,21,23)(H,22,24)/b10-8-,20-13?. The summed E-state index contributed by atoms with van der Waals surface area (Å²) < 4.78 is 38.1. The Bertz CT molecular complexity index is 711. The number of hydrogen-bond acceptors (Lipinski definition) is 3. The molecule has 4 N–H and O–H groups in total. The topological polar surface area (TPSA) is 96.0 Å². The lowest BCUT2D eigenvalue weighted by Crippen LogP contribution is -2.38. The second-order valence-corrected chi connectivity index (χ2v) is 5.54. The van der Waals surface area contributed by atoms with Crippen molar-refractivity contribution in [2.45, 2.75) is 31.5 Å². The summed E-state index contributed by atoms with van der Waals surface area (Å²) in [7, 11) is 0. The molecule has 1 atom stereocenters. The van der Waals surface area contributed by atoms with Crippen molar-refractivity contribution in [3.05, 3.63) is 47.0 Å². The lowest BCUT2D eigenvalue weighted by atomic mass is 9.88. The zero-order valence-corrected chi connectivity index (χ0v) is 12.6. The van der Waals surface area contributed by atoms with Gasteiger partial charge in [-0.2, -0.15) is 13.2 Å². The molecule has 8 heteroatoms. The quantitative estimate of drug-likeness (QED) is 0.737. The van der Waals surface area contributed by atoms with Gasteiger partial charge in [-0.15, -0.1) is 0 Å². The largest absolute Gasteiger partial charge is 0.416 e. The second kappa shape index (κ2) is 6.86. The number of halogens is 3. The molecule has 1 aromatic carbocycles. The summed E-state index contributed by atoms with van der Waals surface area (Å²) in [6.45, 7) is 0. The summed E-state index contributed by atoms with van der Waals surface area (Å²) in [5.41, 5.74) is 4.80. The van der Waals surface area contributed by atoms with Crippen molar-refractivity contribution in [3.63, 3.8) is 0 Å². The number of carbonyl (C=O) groups is 2. The Morgan fingerprint density at radius 1 is 1.33 bits per heavy atom. The van der Waals surface area contributed by atoms with E-state index in [1.807, 2.05) is 0 Å². The Hall–Kier alpha value is -2.64. The molecule has 2 amide bonds. The second-order valence-electron chi connectivity index (χ2n) is 5.54. The Balaban J connectivity index is 2.10. The first-order valence-electron chi connectivity index (χ1n) is 7.22. The van der Waals surface area contributed by atoms with E-state index in [-0.39, 0.29) is 23.7 Å². The fourth-order valence-electron chi connectivity index (χ4n) is 2.52. The molecule has 1 saturated carbocycles. The Kier molecular flexibility index (Phi) is 5.06. The number of nitrogens with one attached hydrogen (secondary N) is 2. The number of rotatable bonds is 3. The maximum absolute atomic E-state index is 12.7. The van der Waals surface area contributed by atoms with Crippen LogP contribution >= 0.6 is 0 Å². The number of amides is 2. The number of benzene rings is 1. The number of nitrogens with two attached hydrogens (primary N) is 1. The van der Waals surface area contributed by atoms with Gasteiger partial charge in [0.1, 0.15) is 0 Å². The molecule has 1 unspecified atom stereocenters. The number of primary amides is 1. The van der Waals surface area contributed by atoms with Crippen molar-refractivity contribution >= 4 is 17.5 Å². The van der Waals surface area contributed by atoms with Gasteiger partial charge in [0.15, 0.2) is 0 Å². The van der Waals surface area contributed by atoms with Crippen LogP contribution < -0.4 is 11.1 Å². The molecule has 0 spiro atoms. The molecule has 0 heterocycles. The molecular formula is C16H16F3N3O2. The Morgan fingerprint density at radius 2 is 2.04 bits per heavy atom. The maximum Gasteiger partial charge on any atom is 0.416 e. The third-order valence-electron chi connectivity index (χ3n) is 3.70. The molecule has 0 aliphatic heterocycles. The van der Waals surface area contributed by atoms with E-state index in [1.165, 1.54) is 12.1 Å². The molecule has 1 fully saturated rings. The summed E-state index contributed by atoms with van der Waals surface area (Å²) in [6, 6.07) is 3.79. The SMILES string of the molecule is N=C1CCC(NC(=O)c2cccc(C(F)(F)F)c2)C/C1=C/C(N)=O. The van der Waals surface area contributed by atoms with Crippen LogP contribution in [0.1, 0.15) is 35.2 Å². The fourth-order valence-corrected chi connectivity index (χ4v) is 2.52. The molecule has 24 heavy (non-hydrogen) atoms. The Morgan fingerprint density at radius 3 is 2.67 bits per heavy atom. The van der Waals surface area contributed by atoms with E-state index >= 15 is 0 Å². The fraction of sp³-hybridized carbons (Fsp3) is 0.312. The van der Waals surface area contributed by atoms with Crippen molar-refractivity contribution in [1.29, 1.82) is 5.41 Å². The van der Waals surface area contributed by atoms with Crippen LogP contribution in [0, 0.1) is 5.41 Å². The van der Waals surface area contributed by atoms with Gasteiger partial charge in [-0.25, -0.2) is 0 Å². The predicted molar refractivity (Wildman–Crippen MR) is 81.6 cm³/mol. The van der Waals surface area contributed by atoms with E-state index in [0.717, 1.165) is 18.2 Å². The van der Waals surface area contributed by atoms with Gasteiger partial charge in [0.25, 0.3) is 5.91 Å². The van der Waals surface area contributed by atoms with E-state index in [9.17, 15) is 22.8 Å². The van der Waals surface area contributed by atoms with Crippen LogP contribution in [0.15, 0.2) is 35.9 Å². The lowest BCUT2D eigenvalue weighted by molar-refractivity contribution is -0.137. The lowest BCUT2D eigenvalue weighted by Gasteiger charge is -2.25. The average Bonchev–Trinajstić information content (AvgIpc) is 2.49. The van der Waals surface area contributed by atoms with Gasteiger partial charge < -0.3 is 16.5 Å². The van der Waals surface area contributed by atoms with Crippen molar-refractivity contribution < 1.29 is 22.8 Å². The minimum absolute atomic E-state index is 0.0918. The summed E-state index contributed by atoms with van der Waals surface area (Å²) in [6.07, 6.45) is -2.31. The van der Waals surface area contributed by atoms with E-state index in [1.54, 1.807) is 0 Å². The highest BCUT2D eigenvalue weighted by Crippen LogP contribution is 2.29. The first kappa shape index (κ1) is 17.7. The van der Waals surface area contributed by atoms with Crippen molar-refractivity contribution in [3.8, 4) is 0 Å². The monoisotopic (exact) mass is 339 g/mol. The number of carbonyl (C=O) groups excluding carboxylic acids is 2. The van der Waals surface area contributed by atoms with Gasteiger partial charge >= 0.3 is 6.18 Å². The highest BCUT2D eigenvalue weighted by molar-refractivity contribution is 6.04. The zero-order valence-electron chi connectivity index (χ0n) is 12.6. The van der Waals surface area contributed by atoms with Gasteiger partial charge in [0.05, 0.1) is 5.56 Å². The predicted octanol–water partition coefficient (Wildman–Crippen LogP) is 2.42. The van der Waals surface area contributed by atoms with Crippen LogP contribution in [0.25, 0.3) is 0 Å². The third-order valence-corrected chi connectivity index (χ3v) is 3.70. The van der Waals surface area contributed by atoms with Crippen LogP contribution in [0.5, 0.6) is 0 Å². The molecular weight excluding hydrogens is 323 g/mol. The van der Waals surface area contributed by atoms with Gasteiger partial charge in [-0.1, -0.05) is 6.07 Å². The van der Waals surface area contributed by atoms with Gasteiger partial charge in [-0.05, 0) is 43.0 Å². The first-order valence-corrected chi connectivity index (χ1v) is 7.22. The van der Waals surface area contributed by atoms with Crippen LogP contribution in [-0.4, -0.2) is 23.6 Å². The van der Waals surface area contributed by atoms with Crippen molar-refractivity contribution in [2.75, 3.05) is 0 Å². The van der Waals surface area contributed by atoms with Crippen LogP contribution in [0.4, 0.5) is 13.2 Å². The van der Waals surface area contributed by atoms with Gasteiger partial charge in [0, 0.05) is 23.4 Å². The zero-order chi connectivity index (χ0) is 17.9. The Labute approximate surface area is 136 Å². The number of hydrogen-bond donors (Lipinski definition) is 3. The molecule has 1 aromatic rings. The number of alkyl halides is 3. The first-order chi connectivity index (χ1) is 11.2. The molecule has 0 aromatic heterocycles. The van der Waals surface area contributed by atoms with Crippen LogP contribution in [-0.2, 0) is 11.0 Å². The third kappa shape index (κ3) is 4.43. The average molecular weight is 339 g/mol. The van der Waals surface area contributed by atoms with Crippen molar-refractivity contribution in [1.82, 2.24) is 5.32 Å².